The van der Waals surface area contributed by atoms with Gasteiger partial charge in [0.2, 0.25) is 0 Å². The van der Waals surface area contributed by atoms with E-state index < -0.39 is 0 Å². The highest BCUT2D eigenvalue weighted by atomic mass is 16.5. The van der Waals surface area contributed by atoms with Crippen LogP contribution in [0, 0.1) is 24.2 Å². The van der Waals surface area contributed by atoms with Crippen LogP contribution in [-0.4, -0.2) is 18.5 Å². The van der Waals surface area contributed by atoms with Crippen LogP contribution in [0.15, 0.2) is 12.2 Å². The maximum atomic E-state index is 11.9. The van der Waals surface area contributed by atoms with Crippen molar-refractivity contribution in [1.82, 2.24) is 0 Å². The van der Waals surface area contributed by atoms with E-state index in [0.717, 1.165) is 25.7 Å². The summed E-state index contributed by atoms with van der Waals surface area (Å²) in [6.45, 7) is 4.26. The van der Waals surface area contributed by atoms with Crippen LogP contribution < -0.4 is 0 Å². The topological polar surface area (TPSA) is 26.3 Å². The lowest BCUT2D eigenvalue weighted by Crippen LogP contribution is -2.34. The fourth-order valence-electron chi connectivity index (χ4n) is 2.59. The molecule has 2 fully saturated rings. The second-order valence-electron chi connectivity index (χ2n) is 4.77. The molecule has 0 aromatic heterocycles. The van der Waals surface area contributed by atoms with Gasteiger partial charge in [0.1, 0.15) is 12.4 Å². The van der Waals surface area contributed by atoms with Gasteiger partial charge in [-0.2, -0.15) is 0 Å². The molecule has 0 unspecified atom stereocenters. The van der Waals surface area contributed by atoms with Crippen LogP contribution in [0.2, 0.25) is 0 Å². The Kier molecular flexibility index (Phi) is 3.46. The molecule has 2 heteroatoms. The van der Waals surface area contributed by atoms with Gasteiger partial charge in [-0.05, 0) is 19.3 Å². The summed E-state index contributed by atoms with van der Waals surface area (Å²) >= 11 is 0. The number of rotatable bonds is 4. The third-order valence-electron chi connectivity index (χ3n) is 3.60. The van der Waals surface area contributed by atoms with E-state index in [-0.39, 0.29) is 12.0 Å². The lowest BCUT2D eigenvalue weighted by Gasteiger charge is -2.28. The molecule has 0 aromatic rings. The average Bonchev–Trinajstić information content (AvgIpc) is 2.99. The van der Waals surface area contributed by atoms with E-state index in [9.17, 15) is 4.79 Å². The van der Waals surface area contributed by atoms with Gasteiger partial charge in [0.05, 0.1) is 6.10 Å². The van der Waals surface area contributed by atoms with Gasteiger partial charge in [0.15, 0.2) is 0 Å². The first-order valence-corrected chi connectivity index (χ1v) is 5.99. The molecular weight excluding hydrogens is 200 g/mol. The Bertz CT molecular complexity index is 337. The fourth-order valence-corrected chi connectivity index (χ4v) is 2.59. The SMILES string of the molecule is C#CCO[C@@H]([C@@H]1CCCCC1=O)[C@H]1CC1=C. The molecule has 16 heavy (non-hydrogen) atoms. The van der Waals surface area contributed by atoms with Crippen molar-refractivity contribution in [3.05, 3.63) is 12.2 Å². The molecule has 0 amide bonds. The van der Waals surface area contributed by atoms with E-state index in [1.165, 1.54) is 5.57 Å². The van der Waals surface area contributed by atoms with Crippen molar-refractivity contribution < 1.29 is 9.53 Å². The summed E-state index contributed by atoms with van der Waals surface area (Å²) in [5.41, 5.74) is 1.21. The molecule has 0 aliphatic heterocycles. The zero-order valence-electron chi connectivity index (χ0n) is 9.58. The van der Waals surface area contributed by atoms with Gasteiger partial charge in [-0.1, -0.05) is 24.5 Å². The lowest BCUT2D eigenvalue weighted by atomic mass is 9.82. The van der Waals surface area contributed by atoms with Gasteiger partial charge >= 0.3 is 0 Å². The number of carbonyl (C=O) groups is 1. The van der Waals surface area contributed by atoms with E-state index in [2.05, 4.69) is 12.5 Å². The standard InChI is InChI=1S/C14H18O2/c1-3-8-16-14(12-9-10(12)2)11-6-4-5-7-13(11)15/h1,11-12,14H,2,4-9H2/t11-,12+,14+/m1/s1. The van der Waals surface area contributed by atoms with Gasteiger partial charge in [-0.3, -0.25) is 4.79 Å². The van der Waals surface area contributed by atoms with Gasteiger partial charge in [0, 0.05) is 18.3 Å². The van der Waals surface area contributed by atoms with E-state index in [0.29, 0.717) is 24.7 Å². The molecule has 0 bridgehead atoms. The van der Waals surface area contributed by atoms with Crippen molar-refractivity contribution in [3.63, 3.8) is 0 Å². The average molecular weight is 218 g/mol. The smallest absolute Gasteiger partial charge is 0.138 e. The number of Topliss-reactive ketones (excluding diaryl/α,β-unsaturated/α-hetero) is 1. The zero-order chi connectivity index (χ0) is 11.5. The van der Waals surface area contributed by atoms with Crippen molar-refractivity contribution in [2.24, 2.45) is 11.8 Å². The number of carbonyl (C=O) groups excluding carboxylic acids is 1. The Labute approximate surface area is 97.1 Å². The maximum absolute atomic E-state index is 11.9. The summed E-state index contributed by atoms with van der Waals surface area (Å²) in [6.07, 6.45) is 10.0. The largest absolute Gasteiger partial charge is 0.364 e. The van der Waals surface area contributed by atoms with E-state index in [1.807, 2.05) is 0 Å². The molecule has 3 atom stereocenters. The first-order valence-electron chi connectivity index (χ1n) is 5.99. The number of hydrogen-bond donors (Lipinski definition) is 0. The van der Waals surface area contributed by atoms with Gasteiger partial charge in [0.25, 0.3) is 0 Å². The quantitative estimate of drug-likeness (QED) is 0.535. The number of hydrogen-bond acceptors (Lipinski definition) is 2. The van der Waals surface area contributed by atoms with Crippen LogP contribution in [0.1, 0.15) is 32.1 Å². The molecule has 2 aliphatic carbocycles. The first kappa shape index (κ1) is 11.4. The Morgan fingerprint density at radius 2 is 2.25 bits per heavy atom. The molecule has 2 nitrogen and oxygen atoms in total. The molecule has 2 rings (SSSR count). The van der Waals surface area contributed by atoms with Crippen LogP contribution in [0.4, 0.5) is 0 Å². The second-order valence-corrected chi connectivity index (χ2v) is 4.77. The lowest BCUT2D eigenvalue weighted by molar-refractivity contribution is -0.130. The number of ether oxygens (including phenoxy) is 1. The van der Waals surface area contributed by atoms with Crippen LogP contribution in [0.5, 0.6) is 0 Å². The van der Waals surface area contributed by atoms with E-state index in [1.54, 1.807) is 0 Å². The first-order chi connectivity index (χ1) is 7.74. The van der Waals surface area contributed by atoms with Crippen LogP contribution >= 0.6 is 0 Å². The summed E-state index contributed by atoms with van der Waals surface area (Å²) in [5, 5.41) is 0. The molecule has 0 radical (unpaired) electrons. The minimum Gasteiger partial charge on any atom is -0.364 e. The molecule has 0 N–H and O–H groups in total. The van der Waals surface area contributed by atoms with E-state index >= 15 is 0 Å². The summed E-state index contributed by atoms with van der Waals surface area (Å²) in [4.78, 5) is 11.9. The van der Waals surface area contributed by atoms with E-state index in [4.69, 9.17) is 11.2 Å². The Morgan fingerprint density at radius 3 is 2.81 bits per heavy atom. The number of ketones is 1. The molecule has 2 saturated carbocycles. The summed E-state index contributed by atoms with van der Waals surface area (Å²) in [5.74, 6) is 3.28. The summed E-state index contributed by atoms with van der Waals surface area (Å²) < 4.78 is 5.68. The molecule has 0 spiro atoms. The van der Waals surface area contributed by atoms with Crippen molar-refractivity contribution >= 4 is 5.78 Å². The molecule has 0 saturated heterocycles. The van der Waals surface area contributed by atoms with Gasteiger partial charge in [-0.25, -0.2) is 0 Å². The summed E-state index contributed by atoms with van der Waals surface area (Å²) in [6, 6.07) is 0. The second kappa shape index (κ2) is 4.84. The molecule has 2 aliphatic rings. The minimum atomic E-state index is -0.00338. The fraction of sp³-hybridized carbons (Fsp3) is 0.643. The van der Waals surface area contributed by atoms with Crippen LogP contribution in [-0.2, 0) is 9.53 Å². The summed E-state index contributed by atoms with van der Waals surface area (Å²) in [7, 11) is 0. The maximum Gasteiger partial charge on any atom is 0.138 e. The van der Waals surface area contributed by atoms with Crippen molar-refractivity contribution in [3.8, 4) is 12.3 Å². The van der Waals surface area contributed by atoms with Crippen molar-refractivity contribution in [1.29, 1.82) is 0 Å². The highest BCUT2D eigenvalue weighted by Crippen LogP contribution is 2.44. The third kappa shape index (κ3) is 2.36. The highest BCUT2D eigenvalue weighted by molar-refractivity contribution is 5.82. The third-order valence-corrected chi connectivity index (χ3v) is 3.60. The zero-order valence-corrected chi connectivity index (χ0v) is 9.58. The molecule has 0 aromatic carbocycles. The highest BCUT2D eigenvalue weighted by Gasteiger charge is 2.43. The number of terminal acetylenes is 1. The Morgan fingerprint density at radius 1 is 1.50 bits per heavy atom. The molecule has 0 heterocycles. The minimum absolute atomic E-state index is 0.00338. The Balaban J connectivity index is 2.02. The monoisotopic (exact) mass is 218 g/mol. The van der Waals surface area contributed by atoms with Gasteiger partial charge < -0.3 is 4.74 Å². The molecule has 86 valence electrons. The van der Waals surface area contributed by atoms with Crippen LogP contribution in [0.25, 0.3) is 0 Å². The Hall–Kier alpha value is -1.07. The predicted molar refractivity (Wildman–Crippen MR) is 62.8 cm³/mol. The molecular formula is C14H18O2. The van der Waals surface area contributed by atoms with Crippen molar-refractivity contribution in [2.75, 3.05) is 6.61 Å². The predicted octanol–water partition coefficient (Wildman–Crippen LogP) is 2.34. The van der Waals surface area contributed by atoms with Crippen LogP contribution in [0.3, 0.4) is 0 Å². The normalized spacial score (nSPS) is 30.9. The van der Waals surface area contributed by atoms with Crippen molar-refractivity contribution in [2.45, 2.75) is 38.2 Å². The van der Waals surface area contributed by atoms with Gasteiger partial charge in [-0.15, -0.1) is 6.42 Å².